The highest BCUT2D eigenvalue weighted by molar-refractivity contribution is 5.61. The van der Waals surface area contributed by atoms with E-state index in [1.165, 1.54) is 4.68 Å². The molecular weight excluding hydrogens is 232 g/mol. The predicted molar refractivity (Wildman–Crippen MR) is 68.8 cm³/mol. The van der Waals surface area contributed by atoms with Gasteiger partial charge in [-0.05, 0) is 32.4 Å². The normalized spacial score (nSPS) is 10.6. The number of aryl methyl sites for hydroxylation is 3. The lowest BCUT2D eigenvalue weighted by molar-refractivity contribution is -0.384. The number of aromatic nitrogens is 2. The molecule has 0 fully saturated rings. The number of nitrogen functional groups attached to an aromatic ring is 1. The summed E-state index contributed by atoms with van der Waals surface area (Å²) in [6.07, 6.45) is 0. The van der Waals surface area contributed by atoms with Gasteiger partial charge in [0.15, 0.2) is 0 Å². The number of anilines is 1. The zero-order valence-corrected chi connectivity index (χ0v) is 10.5. The summed E-state index contributed by atoms with van der Waals surface area (Å²) in [5.74, 6) is 0.0597. The first kappa shape index (κ1) is 12.1. The van der Waals surface area contributed by atoms with Crippen molar-refractivity contribution in [3.05, 3.63) is 45.1 Å². The smallest absolute Gasteiger partial charge is 0.333 e. The van der Waals surface area contributed by atoms with Crippen LogP contribution in [0.4, 0.5) is 11.5 Å². The Kier molecular flexibility index (Phi) is 2.78. The maximum Gasteiger partial charge on any atom is 0.333 e. The highest BCUT2D eigenvalue weighted by Gasteiger charge is 2.24. The number of nitrogens with two attached hydrogens (primary N) is 1. The van der Waals surface area contributed by atoms with Crippen LogP contribution in [0.5, 0.6) is 0 Å². The van der Waals surface area contributed by atoms with Gasteiger partial charge in [0.2, 0.25) is 5.82 Å². The van der Waals surface area contributed by atoms with Crippen molar-refractivity contribution in [2.24, 2.45) is 0 Å². The van der Waals surface area contributed by atoms with Gasteiger partial charge in [0.05, 0.1) is 10.6 Å². The molecule has 18 heavy (non-hydrogen) atoms. The van der Waals surface area contributed by atoms with Crippen LogP contribution in [0.3, 0.4) is 0 Å². The van der Waals surface area contributed by atoms with E-state index in [-0.39, 0.29) is 11.5 Å². The molecule has 1 aromatic heterocycles. The SMILES string of the molecule is Cc1ccc(-n2nc(C)c([N+](=O)[O-])c2N)c(C)c1. The Bertz CT molecular complexity index is 631. The second-order valence-corrected chi connectivity index (χ2v) is 4.28. The van der Waals surface area contributed by atoms with Gasteiger partial charge in [0.25, 0.3) is 0 Å². The fraction of sp³-hybridized carbons (Fsp3) is 0.250. The molecule has 0 unspecified atom stereocenters. The van der Waals surface area contributed by atoms with E-state index >= 15 is 0 Å². The largest absolute Gasteiger partial charge is 0.378 e. The first-order valence-electron chi connectivity index (χ1n) is 5.49. The molecule has 0 saturated heterocycles. The molecule has 0 saturated carbocycles. The van der Waals surface area contributed by atoms with Gasteiger partial charge in [-0.3, -0.25) is 10.1 Å². The van der Waals surface area contributed by atoms with Crippen LogP contribution in [0.15, 0.2) is 18.2 Å². The summed E-state index contributed by atoms with van der Waals surface area (Å²) in [4.78, 5) is 10.4. The topological polar surface area (TPSA) is 87.0 Å². The molecule has 2 N–H and O–H groups in total. The van der Waals surface area contributed by atoms with E-state index in [4.69, 9.17) is 5.73 Å². The molecule has 0 aliphatic heterocycles. The number of nitrogens with zero attached hydrogens (tertiary/aromatic N) is 3. The highest BCUT2D eigenvalue weighted by atomic mass is 16.6. The van der Waals surface area contributed by atoms with Gasteiger partial charge < -0.3 is 5.73 Å². The number of nitro groups is 1. The number of hydrogen-bond donors (Lipinski definition) is 1. The Hall–Kier alpha value is -2.37. The van der Waals surface area contributed by atoms with Crippen molar-refractivity contribution >= 4 is 11.5 Å². The van der Waals surface area contributed by atoms with Gasteiger partial charge in [-0.15, -0.1) is 0 Å². The van der Waals surface area contributed by atoms with Gasteiger partial charge in [0, 0.05) is 0 Å². The molecule has 0 spiro atoms. The minimum absolute atomic E-state index is 0.0597. The predicted octanol–water partition coefficient (Wildman–Crippen LogP) is 2.29. The van der Waals surface area contributed by atoms with E-state index in [2.05, 4.69) is 5.10 Å². The molecule has 1 heterocycles. The second-order valence-electron chi connectivity index (χ2n) is 4.28. The minimum atomic E-state index is -0.502. The lowest BCUT2D eigenvalue weighted by atomic mass is 10.1. The Morgan fingerprint density at radius 2 is 2.00 bits per heavy atom. The Labute approximate surface area is 104 Å². The Morgan fingerprint density at radius 1 is 1.33 bits per heavy atom. The molecule has 0 amide bonds. The molecular formula is C12H14N4O2. The van der Waals surface area contributed by atoms with Crippen molar-refractivity contribution in [1.29, 1.82) is 0 Å². The third-order valence-corrected chi connectivity index (χ3v) is 2.83. The van der Waals surface area contributed by atoms with E-state index in [1.807, 2.05) is 32.0 Å². The fourth-order valence-electron chi connectivity index (χ4n) is 1.99. The molecule has 1 aromatic carbocycles. The van der Waals surface area contributed by atoms with Crippen LogP contribution in [0.25, 0.3) is 5.69 Å². The number of hydrogen-bond acceptors (Lipinski definition) is 4. The zero-order valence-electron chi connectivity index (χ0n) is 10.5. The summed E-state index contributed by atoms with van der Waals surface area (Å²) in [5.41, 5.74) is 8.84. The van der Waals surface area contributed by atoms with Gasteiger partial charge >= 0.3 is 5.69 Å². The minimum Gasteiger partial charge on any atom is -0.378 e. The van der Waals surface area contributed by atoms with Gasteiger partial charge in [-0.25, -0.2) is 4.68 Å². The highest BCUT2D eigenvalue weighted by Crippen LogP contribution is 2.29. The maximum absolute atomic E-state index is 10.9. The van der Waals surface area contributed by atoms with Crippen LogP contribution in [-0.4, -0.2) is 14.7 Å². The Balaban J connectivity index is 2.65. The van der Waals surface area contributed by atoms with Crippen molar-refractivity contribution in [3.8, 4) is 5.69 Å². The lowest BCUT2D eigenvalue weighted by Gasteiger charge is -2.07. The van der Waals surface area contributed by atoms with Crippen molar-refractivity contribution < 1.29 is 4.92 Å². The van der Waals surface area contributed by atoms with Crippen LogP contribution in [0, 0.1) is 30.9 Å². The van der Waals surface area contributed by atoms with E-state index in [0.29, 0.717) is 5.69 Å². The van der Waals surface area contributed by atoms with Gasteiger partial charge in [-0.1, -0.05) is 17.7 Å². The molecule has 0 radical (unpaired) electrons. The summed E-state index contributed by atoms with van der Waals surface area (Å²) in [5, 5.41) is 15.0. The summed E-state index contributed by atoms with van der Waals surface area (Å²) >= 11 is 0. The molecule has 2 aromatic rings. The molecule has 0 atom stereocenters. The standard InChI is InChI=1S/C12H14N4O2/c1-7-4-5-10(8(2)6-7)15-12(13)11(16(17)18)9(3)14-15/h4-6H,13H2,1-3H3. The number of benzene rings is 1. The van der Waals surface area contributed by atoms with Crippen LogP contribution in [0.1, 0.15) is 16.8 Å². The molecule has 0 bridgehead atoms. The molecule has 94 valence electrons. The zero-order chi connectivity index (χ0) is 13.4. The van der Waals surface area contributed by atoms with Crippen molar-refractivity contribution in [2.45, 2.75) is 20.8 Å². The van der Waals surface area contributed by atoms with Gasteiger partial charge in [0.1, 0.15) is 5.69 Å². The Morgan fingerprint density at radius 3 is 2.50 bits per heavy atom. The lowest BCUT2D eigenvalue weighted by Crippen LogP contribution is -2.04. The van der Waals surface area contributed by atoms with Gasteiger partial charge in [-0.2, -0.15) is 5.10 Å². The first-order chi connectivity index (χ1) is 8.41. The maximum atomic E-state index is 10.9. The van der Waals surface area contributed by atoms with Crippen molar-refractivity contribution in [2.75, 3.05) is 5.73 Å². The fourth-order valence-corrected chi connectivity index (χ4v) is 1.99. The summed E-state index contributed by atoms with van der Waals surface area (Å²) in [7, 11) is 0. The third-order valence-electron chi connectivity index (χ3n) is 2.83. The molecule has 6 nitrogen and oxygen atoms in total. The molecule has 2 rings (SSSR count). The average Bonchev–Trinajstić information content (AvgIpc) is 2.54. The molecule has 0 aliphatic rings. The van der Waals surface area contributed by atoms with Crippen LogP contribution < -0.4 is 5.73 Å². The first-order valence-corrected chi connectivity index (χ1v) is 5.49. The van der Waals surface area contributed by atoms with E-state index in [9.17, 15) is 10.1 Å². The van der Waals surface area contributed by atoms with E-state index in [1.54, 1.807) is 6.92 Å². The third kappa shape index (κ3) is 1.81. The van der Waals surface area contributed by atoms with Crippen molar-refractivity contribution in [1.82, 2.24) is 9.78 Å². The van der Waals surface area contributed by atoms with E-state index in [0.717, 1.165) is 16.8 Å². The number of rotatable bonds is 2. The quantitative estimate of drug-likeness (QED) is 0.650. The molecule has 6 heteroatoms. The average molecular weight is 246 g/mol. The monoisotopic (exact) mass is 246 g/mol. The molecule has 0 aliphatic carbocycles. The summed E-state index contributed by atoms with van der Waals surface area (Å²) in [6.45, 7) is 5.48. The van der Waals surface area contributed by atoms with E-state index < -0.39 is 4.92 Å². The van der Waals surface area contributed by atoms with Crippen LogP contribution >= 0.6 is 0 Å². The summed E-state index contributed by atoms with van der Waals surface area (Å²) in [6, 6.07) is 5.76. The second kappa shape index (κ2) is 4.14. The van der Waals surface area contributed by atoms with Crippen LogP contribution in [-0.2, 0) is 0 Å². The van der Waals surface area contributed by atoms with Crippen molar-refractivity contribution in [3.63, 3.8) is 0 Å². The van der Waals surface area contributed by atoms with Crippen LogP contribution in [0.2, 0.25) is 0 Å². The summed E-state index contributed by atoms with van der Waals surface area (Å²) < 4.78 is 1.42.